The van der Waals surface area contributed by atoms with Crippen LogP contribution in [0.2, 0.25) is 0 Å². The molecule has 0 radical (unpaired) electrons. The number of halogens is 3. The molecule has 122 valence electrons. The van der Waals surface area contributed by atoms with E-state index in [0.29, 0.717) is 37.5 Å². The molecule has 0 spiro atoms. The Hall–Kier alpha value is -0.470. The van der Waals surface area contributed by atoms with Crippen molar-refractivity contribution < 1.29 is 13.2 Å². The normalized spacial score (nSPS) is 35.2. The molecule has 0 N–H and O–H groups in total. The van der Waals surface area contributed by atoms with Crippen molar-refractivity contribution in [3.05, 3.63) is 12.2 Å². The van der Waals surface area contributed by atoms with Gasteiger partial charge in [-0.2, -0.15) is 13.2 Å². The van der Waals surface area contributed by atoms with Gasteiger partial charge in [0.1, 0.15) is 0 Å². The molecule has 0 aromatic carbocycles. The van der Waals surface area contributed by atoms with Crippen LogP contribution in [-0.2, 0) is 0 Å². The highest BCUT2D eigenvalue weighted by Crippen LogP contribution is 2.40. The first-order valence-corrected chi connectivity index (χ1v) is 8.74. The van der Waals surface area contributed by atoms with Crippen molar-refractivity contribution in [2.24, 2.45) is 23.7 Å². The zero-order valence-corrected chi connectivity index (χ0v) is 13.2. The highest BCUT2D eigenvalue weighted by atomic mass is 19.4. The summed E-state index contributed by atoms with van der Waals surface area (Å²) in [6.07, 6.45) is 10.5. The van der Waals surface area contributed by atoms with Crippen molar-refractivity contribution in [3.8, 4) is 0 Å². The van der Waals surface area contributed by atoms with Crippen molar-refractivity contribution in [2.45, 2.75) is 77.3 Å². The molecule has 0 saturated heterocycles. The Labute approximate surface area is 127 Å². The molecule has 3 heteroatoms. The van der Waals surface area contributed by atoms with E-state index in [4.69, 9.17) is 0 Å². The second-order valence-electron chi connectivity index (χ2n) is 7.11. The number of hydrogen-bond donors (Lipinski definition) is 0. The molecule has 0 bridgehead atoms. The van der Waals surface area contributed by atoms with Crippen molar-refractivity contribution in [1.82, 2.24) is 0 Å². The van der Waals surface area contributed by atoms with Crippen LogP contribution in [0.4, 0.5) is 13.2 Å². The van der Waals surface area contributed by atoms with Gasteiger partial charge in [-0.1, -0.05) is 31.9 Å². The standard InChI is InChI=1S/C18H29F3/c1-2-3-14-4-6-15(7-5-14)8-9-16-10-12-17(13-11-16)18(19,20)21/h8-9,14-17H,2-7,10-13H2,1H3. The second kappa shape index (κ2) is 7.69. The fourth-order valence-electron chi connectivity index (χ4n) is 4.03. The highest BCUT2D eigenvalue weighted by molar-refractivity contribution is 4.96. The van der Waals surface area contributed by atoms with Crippen LogP contribution >= 0.6 is 0 Å². The molecule has 2 aliphatic carbocycles. The minimum absolute atomic E-state index is 0.321. The number of rotatable bonds is 4. The van der Waals surface area contributed by atoms with E-state index in [1.165, 1.54) is 38.5 Å². The number of alkyl halides is 3. The monoisotopic (exact) mass is 302 g/mol. The van der Waals surface area contributed by atoms with Gasteiger partial charge in [0, 0.05) is 0 Å². The third kappa shape index (κ3) is 5.34. The van der Waals surface area contributed by atoms with E-state index in [9.17, 15) is 13.2 Å². The van der Waals surface area contributed by atoms with E-state index in [0.717, 1.165) is 5.92 Å². The predicted molar refractivity (Wildman–Crippen MR) is 81.0 cm³/mol. The van der Waals surface area contributed by atoms with Gasteiger partial charge < -0.3 is 0 Å². The van der Waals surface area contributed by atoms with Crippen LogP contribution in [0.5, 0.6) is 0 Å². The molecule has 0 nitrogen and oxygen atoms in total. The van der Waals surface area contributed by atoms with Crippen molar-refractivity contribution >= 4 is 0 Å². The smallest absolute Gasteiger partial charge is 0.171 e. The minimum atomic E-state index is -3.98. The lowest BCUT2D eigenvalue weighted by molar-refractivity contribution is -0.183. The SMILES string of the molecule is CCCC1CCC(C=CC2CCC(C(F)(F)F)CC2)CC1. The average molecular weight is 302 g/mol. The van der Waals surface area contributed by atoms with Crippen LogP contribution in [0.25, 0.3) is 0 Å². The molecule has 0 heterocycles. The van der Waals surface area contributed by atoms with E-state index < -0.39 is 12.1 Å². The third-order valence-corrected chi connectivity index (χ3v) is 5.48. The third-order valence-electron chi connectivity index (χ3n) is 5.48. The molecule has 0 aromatic heterocycles. The Morgan fingerprint density at radius 3 is 1.71 bits per heavy atom. The maximum Gasteiger partial charge on any atom is 0.391 e. The summed E-state index contributed by atoms with van der Waals surface area (Å²) in [5.41, 5.74) is 0. The summed E-state index contributed by atoms with van der Waals surface area (Å²) >= 11 is 0. The second-order valence-corrected chi connectivity index (χ2v) is 7.11. The van der Waals surface area contributed by atoms with E-state index in [-0.39, 0.29) is 0 Å². The van der Waals surface area contributed by atoms with Gasteiger partial charge in [0.25, 0.3) is 0 Å². The van der Waals surface area contributed by atoms with Gasteiger partial charge in [-0.3, -0.25) is 0 Å². The van der Waals surface area contributed by atoms with Crippen molar-refractivity contribution in [2.75, 3.05) is 0 Å². The largest absolute Gasteiger partial charge is 0.391 e. The summed E-state index contributed by atoms with van der Waals surface area (Å²) in [5.74, 6) is 0.934. The molecule has 0 unspecified atom stereocenters. The molecule has 0 atom stereocenters. The summed E-state index contributed by atoms with van der Waals surface area (Å²) in [4.78, 5) is 0. The predicted octanol–water partition coefficient (Wildman–Crippen LogP) is 6.52. The van der Waals surface area contributed by atoms with Crippen LogP contribution in [0.15, 0.2) is 12.2 Å². The summed E-state index contributed by atoms with van der Waals surface area (Å²) in [7, 11) is 0. The van der Waals surface area contributed by atoms with Gasteiger partial charge in [0.05, 0.1) is 5.92 Å². The van der Waals surface area contributed by atoms with Crippen molar-refractivity contribution in [1.29, 1.82) is 0 Å². The highest BCUT2D eigenvalue weighted by Gasteiger charge is 2.40. The first-order valence-electron chi connectivity index (χ1n) is 8.74. The van der Waals surface area contributed by atoms with Crippen LogP contribution in [0, 0.1) is 23.7 Å². The Bertz CT molecular complexity index is 316. The van der Waals surface area contributed by atoms with Crippen LogP contribution in [0.1, 0.15) is 71.1 Å². The first-order chi connectivity index (χ1) is 9.99. The molecule has 2 rings (SSSR count). The molecule has 2 aliphatic rings. The van der Waals surface area contributed by atoms with Crippen LogP contribution < -0.4 is 0 Å². The summed E-state index contributed by atoms with van der Waals surface area (Å²) < 4.78 is 37.9. The molecule has 2 saturated carbocycles. The maximum atomic E-state index is 12.6. The lowest BCUT2D eigenvalue weighted by Crippen LogP contribution is -2.27. The molecule has 0 aromatic rings. The van der Waals surface area contributed by atoms with E-state index in [1.54, 1.807) is 0 Å². The fourth-order valence-corrected chi connectivity index (χ4v) is 4.03. The summed E-state index contributed by atoms with van der Waals surface area (Å²) in [6, 6.07) is 0. The Kier molecular flexibility index (Phi) is 6.19. The summed E-state index contributed by atoms with van der Waals surface area (Å²) in [6.45, 7) is 2.25. The average Bonchev–Trinajstić information content (AvgIpc) is 2.46. The van der Waals surface area contributed by atoms with Gasteiger partial charge >= 0.3 is 6.18 Å². The molecule has 21 heavy (non-hydrogen) atoms. The number of allylic oxidation sites excluding steroid dienone is 2. The molecular weight excluding hydrogens is 273 g/mol. The molecular formula is C18H29F3. The minimum Gasteiger partial charge on any atom is -0.171 e. The lowest BCUT2D eigenvalue weighted by Gasteiger charge is -2.29. The van der Waals surface area contributed by atoms with E-state index >= 15 is 0 Å². The van der Waals surface area contributed by atoms with Gasteiger partial charge in [-0.05, 0) is 69.1 Å². The van der Waals surface area contributed by atoms with Crippen molar-refractivity contribution in [3.63, 3.8) is 0 Å². The van der Waals surface area contributed by atoms with Gasteiger partial charge in [-0.15, -0.1) is 0 Å². The topological polar surface area (TPSA) is 0 Å². The molecule has 0 aliphatic heterocycles. The zero-order valence-electron chi connectivity index (χ0n) is 13.2. The van der Waals surface area contributed by atoms with Crippen LogP contribution in [-0.4, -0.2) is 6.18 Å². The van der Waals surface area contributed by atoms with Gasteiger partial charge in [0.15, 0.2) is 0 Å². The Morgan fingerprint density at radius 1 is 0.810 bits per heavy atom. The molecule has 2 fully saturated rings. The molecule has 0 amide bonds. The van der Waals surface area contributed by atoms with Crippen LogP contribution in [0.3, 0.4) is 0 Å². The Morgan fingerprint density at radius 2 is 1.29 bits per heavy atom. The maximum absolute atomic E-state index is 12.6. The summed E-state index contributed by atoms with van der Waals surface area (Å²) in [5, 5.41) is 0. The Balaban J connectivity index is 1.69. The van der Waals surface area contributed by atoms with E-state index in [2.05, 4.69) is 19.1 Å². The zero-order chi connectivity index (χ0) is 15.3. The first kappa shape index (κ1) is 16.9. The fraction of sp³-hybridized carbons (Fsp3) is 0.889. The van der Waals surface area contributed by atoms with Gasteiger partial charge in [0.2, 0.25) is 0 Å². The van der Waals surface area contributed by atoms with Gasteiger partial charge in [-0.25, -0.2) is 0 Å². The number of hydrogen-bond acceptors (Lipinski definition) is 0. The lowest BCUT2D eigenvalue weighted by atomic mass is 9.78. The quantitative estimate of drug-likeness (QED) is 0.519. The van der Waals surface area contributed by atoms with E-state index in [1.807, 2.05) is 0 Å².